The second-order valence-corrected chi connectivity index (χ2v) is 10.6. The Morgan fingerprint density at radius 1 is 1.00 bits per heavy atom. The van der Waals surface area contributed by atoms with E-state index in [1.165, 1.54) is 5.56 Å². The van der Waals surface area contributed by atoms with Crippen LogP contribution in [0.15, 0.2) is 71.8 Å². The SMILES string of the molecule is C=S(=O)(Nc1cc(-c2sc(CC)nc2-c2cccc(C)c2)ccn1)c1cccc(C)c1. The Bertz CT molecular complexity index is 1340. The second-order valence-electron chi connectivity index (χ2n) is 7.53. The molecule has 0 radical (unpaired) electrons. The maximum Gasteiger partial charge on any atom is 0.138 e. The van der Waals surface area contributed by atoms with E-state index >= 15 is 0 Å². The summed E-state index contributed by atoms with van der Waals surface area (Å²) in [6.45, 7) is 6.17. The molecular weight excluding hydrogens is 422 g/mol. The topological polar surface area (TPSA) is 54.9 Å². The average molecular weight is 448 g/mol. The Balaban J connectivity index is 1.73. The molecule has 0 spiro atoms. The summed E-state index contributed by atoms with van der Waals surface area (Å²) in [6, 6.07) is 19.8. The molecule has 4 aromatic rings. The second kappa shape index (κ2) is 8.65. The van der Waals surface area contributed by atoms with Gasteiger partial charge in [-0.15, -0.1) is 11.3 Å². The van der Waals surface area contributed by atoms with Gasteiger partial charge in [0, 0.05) is 16.7 Å². The van der Waals surface area contributed by atoms with Crippen molar-refractivity contribution in [3.63, 3.8) is 0 Å². The Kier molecular flexibility index (Phi) is 5.94. The molecule has 0 aliphatic rings. The van der Waals surface area contributed by atoms with Gasteiger partial charge in [-0.1, -0.05) is 42.8 Å². The van der Waals surface area contributed by atoms with Gasteiger partial charge >= 0.3 is 0 Å². The number of aryl methyl sites for hydroxylation is 3. The number of rotatable bonds is 6. The van der Waals surface area contributed by atoms with Crippen molar-refractivity contribution in [2.45, 2.75) is 32.1 Å². The summed E-state index contributed by atoms with van der Waals surface area (Å²) in [5.41, 5.74) is 5.29. The lowest BCUT2D eigenvalue weighted by Gasteiger charge is -2.13. The normalized spacial score (nSPS) is 13.0. The summed E-state index contributed by atoms with van der Waals surface area (Å²) in [4.78, 5) is 11.0. The number of anilines is 1. The van der Waals surface area contributed by atoms with Crippen LogP contribution in [-0.2, 0) is 16.1 Å². The number of hydrogen-bond acceptors (Lipinski definition) is 4. The molecule has 0 bridgehead atoms. The Labute approximate surface area is 188 Å². The number of benzene rings is 2. The molecular formula is C25H25N3OS2. The Morgan fingerprint density at radius 2 is 1.74 bits per heavy atom. The third kappa shape index (κ3) is 4.70. The summed E-state index contributed by atoms with van der Waals surface area (Å²) >= 11 is 1.68. The summed E-state index contributed by atoms with van der Waals surface area (Å²) < 4.78 is 16.3. The first-order valence-electron chi connectivity index (χ1n) is 10.1. The number of nitrogens with zero attached hydrogens (tertiary/aromatic N) is 2. The fraction of sp³-hybridized carbons (Fsp3) is 0.160. The van der Waals surface area contributed by atoms with Gasteiger partial charge in [0.2, 0.25) is 0 Å². The van der Waals surface area contributed by atoms with Crippen molar-refractivity contribution in [3.05, 3.63) is 83.0 Å². The van der Waals surface area contributed by atoms with Gasteiger partial charge in [0.1, 0.15) is 5.82 Å². The van der Waals surface area contributed by atoms with Crippen LogP contribution >= 0.6 is 11.3 Å². The summed E-state index contributed by atoms with van der Waals surface area (Å²) in [6.07, 6.45) is 2.61. The van der Waals surface area contributed by atoms with Gasteiger partial charge in [0.25, 0.3) is 0 Å². The molecule has 2 heterocycles. The summed E-state index contributed by atoms with van der Waals surface area (Å²) in [5.74, 6) is 4.47. The van der Waals surface area contributed by atoms with Gasteiger partial charge in [0.15, 0.2) is 0 Å². The minimum Gasteiger partial charge on any atom is -0.294 e. The molecule has 0 aliphatic heterocycles. The Morgan fingerprint density at radius 3 is 2.45 bits per heavy atom. The average Bonchev–Trinajstić information content (AvgIpc) is 3.18. The van der Waals surface area contributed by atoms with Crippen molar-refractivity contribution in [1.29, 1.82) is 0 Å². The van der Waals surface area contributed by atoms with E-state index in [0.29, 0.717) is 10.7 Å². The number of aromatic nitrogens is 2. The van der Waals surface area contributed by atoms with Crippen LogP contribution in [0.4, 0.5) is 5.82 Å². The zero-order valence-electron chi connectivity index (χ0n) is 17.9. The molecule has 0 saturated carbocycles. The monoisotopic (exact) mass is 447 g/mol. The highest BCUT2D eigenvalue weighted by atomic mass is 32.2. The Hall–Kier alpha value is -2.96. The molecule has 158 valence electrons. The van der Waals surface area contributed by atoms with E-state index in [0.717, 1.165) is 38.7 Å². The smallest absolute Gasteiger partial charge is 0.138 e. The van der Waals surface area contributed by atoms with Gasteiger partial charge in [-0.3, -0.25) is 4.72 Å². The maximum atomic E-state index is 13.3. The molecule has 1 unspecified atom stereocenters. The van der Waals surface area contributed by atoms with E-state index in [2.05, 4.69) is 53.7 Å². The first kappa shape index (κ1) is 21.3. The maximum absolute atomic E-state index is 13.3. The minimum atomic E-state index is -2.73. The van der Waals surface area contributed by atoms with Crippen LogP contribution in [0.25, 0.3) is 21.7 Å². The van der Waals surface area contributed by atoms with E-state index in [-0.39, 0.29) is 0 Å². The number of thiazole rings is 1. The highest BCUT2D eigenvalue weighted by Gasteiger charge is 2.16. The van der Waals surface area contributed by atoms with E-state index < -0.39 is 9.71 Å². The third-order valence-corrected chi connectivity index (χ3v) is 7.73. The van der Waals surface area contributed by atoms with E-state index in [9.17, 15) is 4.21 Å². The lowest BCUT2D eigenvalue weighted by molar-refractivity contribution is 0.684. The predicted octanol–water partition coefficient (Wildman–Crippen LogP) is 6.15. The summed E-state index contributed by atoms with van der Waals surface area (Å²) in [5, 5.41) is 1.08. The molecule has 0 amide bonds. The highest BCUT2D eigenvalue weighted by molar-refractivity contribution is 8.01. The summed E-state index contributed by atoms with van der Waals surface area (Å²) in [7, 11) is -2.73. The standard InChI is InChI=1S/C25H25N3OS2/c1-5-23-27-24(19-10-6-8-17(2)14-19)25(30-23)20-12-13-26-22(16-20)28-31(4,29)21-11-7-9-18(3)15-21/h6-16H,4-5H2,1-3H3,(H,26,28,29). The van der Waals surface area contributed by atoms with Gasteiger partial charge in [-0.25, -0.2) is 14.2 Å². The number of nitrogens with one attached hydrogen (secondary N) is 1. The van der Waals surface area contributed by atoms with Gasteiger partial charge in [-0.05, 0) is 67.6 Å². The molecule has 2 aromatic heterocycles. The van der Waals surface area contributed by atoms with Crippen LogP contribution < -0.4 is 4.72 Å². The van der Waals surface area contributed by atoms with E-state index in [1.54, 1.807) is 17.5 Å². The fourth-order valence-electron chi connectivity index (χ4n) is 3.38. The zero-order valence-corrected chi connectivity index (χ0v) is 19.5. The third-order valence-electron chi connectivity index (χ3n) is 4.93. The molecule has 0 aliphatic carbocycles. The number of pyridine rings is 1. The molecule has 1 N–H and O–H groups in total. The quantitative estimate of drug-likeness (QED) is 0.361. The van der Waals surface area contributed by atoms with E-state index in [4.69, 9.17) is 4.98 Å². The zero-order chi connectivity index (χ0) is 22.0. The molecule has 1 atom stereocenters. The van der Waals surface area contributed by atoms with Crippen molar-refractivity contribution < 1.29 is 4.21 Å². The first-order valence-corrected chi connectivity index (χ1v) is 12.6. The van der Waals surface area contributed by atoms with Crippen molar-refractivity contribution in [1.82, 2.24) is 9.97 Å². The van der Waals surface area contributed by atoms with Crippen LogP contribution in [0.3, 0.4) is 0 Å². The van der Waals surface area contributed by atoms with Crippen LogP contribution in [0.5, 0.6) is 0 Å². The van der Waals surface area contributed by atoms with Crippen molar-refractivity contribution >= 4 is 32.7 Å². The van der Waals surface area contributed by atoms with Crippen molar-refractivity contribution in [2.24, 2.45) is 0 Å². The van der Waals surface area contributed by atoms with Gasteiger partial charge in [-0.2, -0.15) is 0 Å². The predicted molar refractivity (Wildman–Crippen MR) is 133 cm³/mol. The van der Waals surface area contributed by atoms with E-state index in [1.807, 2.05) is 43.3 Å². The molecule has 6 heteroatoms. The highest BCUT2D eigenvalue weighted by Crippen LogP contribution is 2.38. The number of hydrogen-bond donors (Lipinski definition) is 1. The molecule has 4 nitrogen and oxygen atoms in total. The van der Waals surface area contributed by atoms with Crippen LogP contribution in [0.1, 0.15) is 23.1 Å². The lowest BCUT2D eigenvalue weighted by atomic mass is 10.1. The molecule has 4 rings (SSSR count). The minimum absolute atomic E-state index is 0.528. The van der Waals surface area contributed by atoms with Crippen LogP contribution in [0, 0.1) is 13.8 Å². The fourth-order valence-corrected chi connectivity index (χ4v) is 5.64. The van der Waals surface area contributed by atoms with Gasteiger partial charge in [0.05, 0.1) is 25.3 Å². The molecule has 0 saturated heterocycles. The van der Waals surface area contributed by atoms with Crippen LogP contribution in [0.2, 0.25) is 0 Å². The van der Waals surface area contributed by atoms with Crippen molar-refractivity contribution in [2.75, 3.05) is 4.72 Å². The molecule has 2 aromatic carbocycles. The van der Waals surface area contributed by atoms with Crippen molar-refractivity contribution in [3.8, 4) is 21.7 Å². The molecule has 0 fully saturated rings. The lowest BCUT2D eigenvalue weighted by Crippen LogP contribution is -2.13. The molecule has 31 heavy (non-hydrogen) atoms. The van der Waals surface area contributed by atoms with Gasteiger partial charge < -0.3 is 0 Å². The first-order chi connectivity index (χ1) is 14.9. The van der Waals surface area contributed by atoms with Crippen LogP contribution in [-0.4, -0.2) is 20.0 Å². The largest absolute Gasteiger partial charge is 0.294 e.